The fourth-order valence-electron chi connectivity index (χ4n) is 1.39. The van der Waals surface area contributed by atoms with Gasteiger partial charge in [-0.1, -0.05) is 13.8 Å². The molecule has 74 valence electrons. The van der Waals surface area contributed by atoms with Crippen molar-refractivity contribution in [3.63, 3.8) is 0 Å². The molecule has 0 unspecified atom stereocenters. The number of hydrogen-bond donors (Lipinski definition) is 1. The Bertz CT molecular complexity index is 286. The maximum atomic E-state index is 5.68. The van der Waals surface area contributed by atoms with Crippen LogP contribution in [-0.2, 0) is 13.5 Å². The standard InChI is InChI=1S/C10H19N3/c1-8-5-9(13(4)12-8)6-10(2,3)7-11/h5H,6-7,11H2,1-4H3. The molecule has 3 nitrogen and oxygen atoms in total. The summed E-state index contributed by atoms with van der Waals surface area (Å²) < 4.78 is 1.94. The molecular formula is C10H19N3. The second-order valence-electron chi connectivity index (χ2n) is 4.45. The molecule has 0 aromatic carbocycles. The monoisotopic (exact) mass is 181 g/mol. The predicted molar refractivity (Wildman–Crippen MR) is 54.5 cm³/mol. The van der Waals surface area contributed by atoms with Crippen molar-refractivity contribution in [1.29, 1.82) is 0 Å². The van der Waals surface area contributed by atoms with Crippen LogP contribution in [0, 0.1) is 12.3 Å². The molecule has 1 aromatic heterocycles. The molecule has 2 N–H and O–H groups in total. The Morgan fingerprint density at radius 1 is 1.54 bits per heavy atom. The van der Waals surface area contributed by atoms with Crippen LogP contribution in [-0.4, -0.2) is 16.3 Å². The Balaban J connectivity index is 2.79. The molecule has 0 atom stereocenters. The van der Waals surface area contributed by atoms with Crippen molar-refractivity contribution in [2.24, 2.45) is 18.2 Å². The molecule has 0 aliphatic carbocycles. The van der Waals surface area contributed by atoms with Gasteiger partial charge in [-0.15, -0.1) is 0 Å². The minimum Gasteiger partial charge on any atom is -0.330 e. The minimum absolute atomic E-state index is 0.167. The third-order valence-corrected chi connectivity index (χ3v) is 2.31. The zero-order chi connectivity index (χ0) is 10.1. The average Bonchev–Trinajstić information content (AvgIpc) is 2.30. The maximum absolute atomic E-state index is 5.68. The third kappa shape index (κ3) is 2.56. The van der Waals surface area contributed by atoms with Crippen molar-refractivity contribution in [3.05, 3.63) is 17.5 Å². The van der Waals surface area contributed by atoms with Crippen LogP contribution in [0.4, 0.5) is 0 Å². The van der Waals surface area contributed by atoms with Gasteiger partial charge >= 0.3 is 0 Å². The van der Waals surface area contributed by atoms with Gasteiger partial charge in [-0.25, -0.2) is 0 Å². The summed E-state index contributed by atoms with van der Waals surface area (Å²) in [6.45, 7) is 7.07. The Hall–Kier alpha value is -0.830. The molecule has 3 heteroatoms. The highest BCUT2D eigenvalue weighted by atomic mass is 15.3. The summed E-state index contributed by atoms with van der Waals surface area (Å²) in [5, 5.41) is 4.31. The fraction of sp³-hybridized carbons (Fsp3) is 0.700. The Kier molecular flexibility index (Phi) is 2.76. The summed E-state index contributed by atoms with van der Waals surface area (Å²) in [6.07, 6.45) is 0.987. The molecule has 1 rings (SSSR count). The number of nitrogens with zero attached hydrogens (tertiary/aromatic N) is 2. The van der Waals surface area contributed by atoms with Crippen LogP contribution in [0.1, 0.15) is 25.2 Å². The molecule has 0 fully saturated rings. The molecule has 0 bridgehead atoms. The van der Waals surface area contributed by atoms with Crippen molar-refractivity contribution in [2.45, 2.75) is 27.2 Å². The van der Waals surface area contributed by atoms with E-state index in [1.807, 2.05) is 18.7 Å². The van der Waals surface area contributed by atoms with Gasteiger partial charge in [0.2, 0.25) is 0 Å². The third-order valence-electron chi connectivity index (χ3n) is 2.31. The largest absolute Gasteiger partial charge is 0.330 e. The summed E-state index contributed by atoms with van der Waals surface area (Å²) in [6, 6.07) is 2.12. The summed E-state index contributed by atoms with van der Waals surface area (Å²) in [7, 11) is 1.98. The summed E-state index contributed by atoms with van der Waals surface area (Å²) >= 11 is 0. The van der Waals surface area contributed by atoms with Crippen LogP contribution < -0.4 is 5.73 Å². The molecule has 1 heterocycles. The second kappa shape index (κ2) is 3.50. The summed E-state index contributed by atoms with van der Waals surface area (Å²) in [4.78, 5) is 0. The van der Waals surface area contributed by atoms with Crippen LogP contribution in [0.2, 0.25) is 0 Å². The molecule has 0 aliphatic rings. The Labute approximate surface area is 79.9 Å². The molecule has 0 radical (unpaired) electrons. The number of rotatable bonds is 3. The molecule has 0 spiro atoms. The molecule has 0 saturated heterocycles. The highest BCUT2D eigenvalue weighted by Gasteiger charge is 2.18. The second-order valence-corrected chi connectivity index (χ2v) is 4.45. The van der Waals surface area contributed by atoms with Crippen molar-refractivity contribution < 1.29 is 0 Å². The molecule has 1 aromatic rings. The molecule has 0 amide bonds. The molecule has 0 saturated carbocycles. The number of aryl methyl sites for hydroxylation is 2. The van der Waals surface area contributed by atoms with Gasteiger partial charge in [0, 0.05) is 12.7 Å². The van der Waals surface area contributed by atoms with E-state index in [2.05, 4.69) is 25.0 Å². The van der Waals surface area contributed by atoms with Gasteiger partial charge in [0.05, 0.1) is 5.69 Å². The van der Waals surface area contributed by atoms with Gasteiger partial charge in [0.25, 0.3) is 0 Å². The van der Waals surface area contributed by atoms with Crippen molar-refractivity contribution in [3.8, 4) is 0 Å². The van der Waals surface area contributed by atoms with E-state index >= 15 is 0 Å². The number of hydrogen-bond acceptors (Lipinski definition) is 2. The highest BCUT2D eigenvalue weighted by Crippen LogP contribution is 2.20. The normalized spacial score (nSPS) is 12.1. The van der Waals surface area contributed by atoms with Gasteiger partial charge in [-0.3, -0.25) is 4.68 Å². The van der Waals surface area contributed by atoms with E-state index in [0.29, 0.717) is 6.54 Å². The average molecular weight is 181 g/mol. The first-order valence-electron chi connectivity index (χ1n) is 4.64. The van der Waals surface area contributed by atoms with Crippen LogP contribution >= 0.6 is 0 Å². The van der Waals surface area contributed by atoms with Crippen molar-refractivity contribution >= 4 is 0 Å². The predicted octanol–water partition coefficient (Wildman–Crippen LogP) is 1.26. The molecule has 13 heavy (non-hydrogen) atoms. The number of aromatic nitrogens is 2. The van der Waals surface area contributed by atoms with Crippen LogP contribution in [0.5, 0.6) is 0 Å². The van der Waals surface area contributed by atoms with Gasteiger partial charge in [0.15, 0.2) is 0 Å². The van der Waals surface area contributed by atoms with E-state index in [0.717, 1.165) is 12.1 Å². The molecule has 0 aliphatic heterocycles. The zero-order valence-corrected chi connectivity index (χ0v) is 8.96. The van der Waals surface area contributed by atoms with Gasteiger partial charge in [-0.2, -0.15) is 5.10 Å². The van der Waals surface area contributed by atoms with E-state index in [9.17, 15) is 0 Å². The lowest BCUT2D eigenvalue weighted by molar-refractivity contribution is 0.366. The minimum atomic E-state index is 0.167. The quantitative estimate of drug-likeness (QED) is 0.763. The first-order valence-corrected chi connectivity index (χ1v) is 4.64. The maximum Gasteiger partial charge on any atom is 0.0596 e. The smallest absolute Gasteiger partial charge is 0.0596 e. The van der Waals surface area contributed by atoms with Gasteiger partial charge in [0.1, 0.15) is 0 Å². The molecular weight excluding hydrogens is 162 g/mol. The van der Waals surface area contributed by atoms with E-state index < -0.39 is 0 Å². The topological polar surface area (TPSA) is 43.8 Å². The lowest BCUT2D eigenvalue weighted by Crippen LogP contribution is -2.26. The van der Waals surface area contributed by atoms with E-state index in [1.165, 1.54) is 5.69 Å². The van der Waals surface area contributed by atoms with Gasteiger partial charge in [-0.05, 0) is 31.4 Å². The van der Waals surface area contributed by atoms with Crippen LogP contribution in [0.15, 0.2) is 6.07 Å². The van der Waals surface area contributed by atoms with Crippen molar-refractivity contribution in [2.75, 3.05) is 6.54 Å². The van der Waals surface area contributed by atoms with Crippen molar-refractivity contribution in [1.82, 2.24) is 9.78 Å². The first kappa shape index (κ1) is 10.3. The lowest BCUT2D eigenvalue weighted by atomic mass is 9.88. The van der Waals surface area contributed by atoms with Crippen LogP contribution in [0.3, 0.4) is 0 Å². The summed E-state index contributed by atoms with van der Waals surface area (Å²) in [5.74, 6) is 0. The lowest BCUT2D eigenvalue weighted by Gasteiger charge is -2.21. The Morgan fingerprint density at radius 3 is 2.54 bits per heavy atom. The first-order chi connectivity index (χ1) is 5.94. The van der Waals surface area contributed by atoms with E-state index in [4.69, 9.17) is 5.73 Å². The van der Waals surface area contributed by atoms with E-state index in [1.54, 1.807) is 0 Å². The summed E-state index contributed by atoms with van der Waals surface area (Å²) in [5.41, 5.74) is 8.18. The van der Waals surface area contributed by atoms with Crippen LogP contribution in [0.25, 0.3) is 0 Å². The zero-order valence-electron chi connectivity index (χ0n) is 8.96. The highest BCUT2D eigenvalue weighted by molar-refractivity contribution is 5.10. The SMILES string of the molecule is Cc1cc(CC(C)(C)CN)n(C)n1. The number of nitrogens with two attached hydrogens (primary N) is 1. The van der Waals surface area contributed by atoms with E-state index in [-0.39, 0.29) is 5.41 Å². The Morgan fingerprint density at radius 2 is 2.15 bits per heavy atom. The fourth-order valence-corrected chi connectivity index (χ4v) is 1.39. The van der Waals surface area contributed by atoms with Gasteiger partial charge < -0.3 is 5.73 Å².